The van der Waals surface area contributed by atoms with E-state index in [-0.39, 0.29) is 24.5 Å². The Morgan fingerprint density at radius 3 is 2.32 bits per heavy atom. The molecular weight excluding hydrogens is 318 g/mol. The number of imide groups is 1. The number of hydrogen-bond donors (Lipinski definition) is 0. The summed E-state index contributed by atoms with van der Waals surface area (Å²) >= 11 is 0. The number of carbonyl (C=O) groups excluding carboxylic acids is 3. The lowest BCUT2D eigenvalue weighted by atomic mass is 10.0. The minimum absolute atomic E-state index is 0.0810. The first kappa shape index (κ1) is 16.3. The molecule has 2 heterocycles. The van der Waals surface area contributed by atoms with Gasteiger partial charge in [0.1, 0.15) is 12.3 Å². The Kier molecular flexibility index (Phi) is 4.29. The molecule has 132 valence electrons. The van der Waals surface area contributed by atoms with Gasteiger partial charge in [-0.15, -0.1) is 0 Å². The Morgan fingerprint density at radius 2 is 1.68 bits per heavy atom. The molecule has 3 amide bonds. The maximum Gasteiger partial charge on any atom is 0.332 e. The quantitative estimate of drug-likeness (QED) is 0.768. The summed E-state index contributed by atoms with van der Waals surface area (Å²) in [7, 11) is 0. The average Bonchev–Trinajstić information content (AvgIpc) is 3.43. The van der Waals surface area contributed by atoms with Crippen LogP contribution >= 0.6 is 0 Å². The standard InChI is InChI=1S/C19H23N3O3/c23-17(14-6-7-14)12-20-10-8-15(9-11-20)21-13-18(24)22(19(21)25)16-4-2-1-3-5-16/h1-5,14-15H,6-13H2. The fourth-order valence-corrected chi connectivity index (χ4v) is 3.78. The highest BCUT2D eigenvalue weighted by atomic mass is 16.2. The molecule has 0 unspecified atom stereocenters. The number of urea groups is 1. The number of benzene rings is 1. The van der Waals surface area contributed by atoms with Crippen molar-refractivity contribution in [1.82, 2.24) is 9.80 Å². The molecule has 1 aromatic rings. The zero-order valence-corrected chi connectivity index (χ0v) is 14.3. The molecule has 0 N–H and O–H groups in total. The molecule has 25 heavy (non-hydrogen) atoms. The Bertz CT molecular complexity index is 678. The zero-order chi connectivity index (χ0) is 17.4. The van der Waals surface area contributed by atoms with Crippen molar-refractivity contribution in [3.8, 4) is 0 Å². The SMILES string of the molecule is O=C(CN1CCC(N2CC(=O)N(c3ccccc3)C2=O)CC1)C1CC1. The molecule has 1 aliphatic carbocycles. The van der Waals surface area contributed by atoms with Crippen molar-refractivity contribution in [3.63, 3.8) is 0 Å². The van der Waals surface area contributed by atoms with Gasteiger partial charge in [-0.1, -0.05) is 18.2 Å². The van der Waals surface area contributed by atoms with Crippen LogP contribution in [-0.2, 0) is 9.59 Å². The largest absolute Gasteiger partial charge is 0.332 e. The van der Waals surface area contributed by atoms with Gasteiger partial charge in [-0.2, -0.15) is 0 Å². The molecule has 0 spiro atoms. The molecule has 4 rings (SSSR count). The fourth-order valence-electron chi connectivity index (χ4n) is 3.78. The maximum atomic E-state index is 12.7. The van der Waals surface area contributed by atoms with E-state index < -0.39 is 0 Å². The van der Waals surface area contributed by atoms with Crippen LogP contribution in [0, 0.1) is 5.92 Å². The predicted molar refractivity (Wildman–Crippen MR) is 93.2 cm³/mol. The summed E-state index contributed by atoms with van der Waals surface area (Å²) in [5.74, 6) is 0.499. The van der Waals surface area contributed by atoms with Crippen LogP contribution in [0.5, 0.6) is 0 Å². The van der Waals surface area contributed by atoms with E-state index >= 15 is 0 Å². The summed E-state index contributed by atoms with van der Waals surface area (Å²) in [5.41, 5.74) is 0.632. The summed E-state index contributed by atoms with van der Waals surface area (Å²) in [6.45, 7) is 2.32. The molecule has 0 radical (unpaired) electrons. The van der Waals surface area contributed by atoms with Crippen LogP contribution in [0.4, 0.5) is 10.5 Å². The van der Waals surface area contributed by atoms with Crippen LogP contribution in [0.1, 0.15) is 25.7 Å². The van der Waals surface area contributed by atoms with Crippen LogP contribution in [-0.4, -0.2) is 59.7 Å². The first-order chi connectivity index (χ1) is 12.1. The van der Waals surface area contributed by atoms with Crippen LogP contribution in [0.3, 0.4) is 0 Å². The van der Waals surface area contributed by atoms with Crippen molar-refractivity contribution in [1.29, 1.82) is 0 Å². The van der Waals surface area contributed by atoms with Crippen LogP contribution in [0.2, 0.25) is 0 Å². The Labute approximate surface area is 147 Å². The third-order valence-corrected chi connectivity index (χ3v) is 5.42. The summed E-state index contributed by atoms with van der Waals surface area (Å²) in [6, 6.07) is 8.95. The van der Waals surface area contributed by atoms with Crippen molar-refractivity contribution in [3.05, 3.63) is 30.3 Å². The third kappa shape index (κ3) is 3.31. The van der Waals surface area contributed by atoms with E-state index in [0.29, 0.717) is 23.9 Å². The van der Waals surface area contributed by atoms with Crippen molar-refractivity contribution in [2.24, 2.45) is 5.92 Å². The molecule has 1 aromatic carbocycles. The Balaban J connectivity index is 1.36. The normalized spacial score (nSPS) is 22.7. The number of ketones is 1. The molecule has 3 aliphatic rings. The number of nitrogens with zero attached hydrogens (tertiary/aromatic N) is 3. The van der Waals surface area contributed by atoms with Crippen molar-refractivity contribution < 1.29 is 14.4 Å². The van der Waals surface area contributed by atoms with Gasteiger partial charge in [0, 0.05) is 25.0 Å². The number of amides is 3. The minimum Gasteiger partial charge on any atom is -0.312 e. The molecule has 2 saturated heterocycles. The van der Waals surface area contributed by atoms with Gasteiger partial charge < -0.3 is 4.90 Å². The lowest BCUT2D eigenvalue weighted by Crippen LogP contribution is -2.47. The van der Waals surface area contributed by atoms with Gasteiger partial charge >= 0.3 is 6.03 Å². The van der Waals surface area contributed by atoms with Crippen molar-refractivity contribution in [2.45, 2.75) is 31.7 Å². The molecule has 0 bridgehead atoms. The molecule has 6 heteroatoms. The van der Waals surface area contributed by atoms with Crippen LogP contribution in [0.15, 0.2) is 30.3 Å². The Morgan fingerprint density at radius 1 is 1.00 bits per heavy atom. The predicted octanol–water partition coefficient (Wildman–Crippen LogP) is 1.90. The van der Waals surface area contributed by atoms with Gasteiger partial charge in [-0.25, -0.2) is 9.69 Å². The lowest BCUT2D eigenvalue weighted by molar-refractivity contribution is -0.121. The summed E-state index contributed by atoms with van der Waals surface area (Å²) < 4.78 is 0. The summed E-state index contributed by atoms with van der Waals surface area (Å²) in [5, 5.41) is 0. The number of hydrogen-bond acceptors (Lipinski definition) is 4. The number of Topliss-reactive ketones (excluding diaryl/α,β-unsaturated/α-hetero) is 1. The molecule has 2 aliphatic heterocycles. The minimum atomic E-state index is -0.219. The van der Waals surface area contributed by atoms with Crippen LogP contribution < -0.4 is 4.90 Å². The van der Waals surface area contributed by atoms with E-state index in [1.165, 1.54) is 4.90 Å². The molecule has 0 atom stereocenters. The second-order valence-electron chi connectivity index (χ2n) is 7.22. The van der Waals surface area contributed by atoms with E-state index in [1.54, 1.807) is 17.0 Å². The average molecular weight is 341 g/mol. The number of para-hydroxylation sites is 1. The summed E-state index contributed by atoms with van der Waals surface area (Å²) in [4.78, 5) is 42.2. The highest BCUT2D eigenvalue weighted by Crippen LogP contribution is 2.31. The number of piperidine rings is 1. The van der Waals surface area contributed by atoms with E-state index in [0.717, 1.165) is 38.8 Å². The highest BCUT2D eigenvalue weighted by molar-refractivity contribution is 6.19. The fraction of sp³-hybridized carbons (Fsp3) is 0.526. The van der Waals surface area contributed by atoms with E-state index in [4.69, 9.17) is 0 Å². The monoisotopic (exact) mass is 341 g/mol. The number of likely N-dealkylation sites (tertiary alicyclic amines) is 1. The first-order valence-corrected chi connectivity index (χ1v) is 9.07. The third-order valence-electron chi connectivity index (χ3n) is 5.42. The van der Waals surface area contributed by atoms with Gasteiger partial charge in [0.2, 0.25) is 0 Å². The van der Waals surface area contributed by atoms with E-state index in [2.05, 4.69) is 4.90 Å². The molecule has 3 fully saturated rings. The van der Waals surface area contributed by atoms with Gasteiger partial charge in [0.05, 0.1) is 12.2 Å². The van der Waals surface area contributed by atoms with Gasteiger partial charge in [-0.3, -0.25) is 14.5 Å². The topological polar surface area (TPSA) is 60.9 Å². The first-order valence-electron chi connectivity index (χ1n) is 9.07. The summed E-state index contributed by atoms with van der Waals surface area (Å²) in [6.07, 6.45) is 3.74. The second-order valence-corrected chi connectivity index (χ2v) is 7.22. The van der Waals surface area contributed by atoms with Gasteiger partial charge in [0.25, 0.3) is 5.91 Å². The Hall–Kier alpha value is -2.21. The number of anilines is 1. The smallest absolute Gasteiger partial charge is 0.312 e. The maximum absolute atomic E-state index is 12.7. The molecule has 6 nitrogen and oxygen atoms in total. The van der Waals surface area contributed by atoms with Crippen molar-refractivity contribution in [2.75, 3.05) is 31.1 Å². The lowest BCUT2D eigenvalue weighted by Gasteiger charge is -2.35. The van der Waals surface area contributed by atoms with E-state index in [1.807, 2.05) is 18.2 Å². The van der Waals surface area contributed by atoms with Crippen molar-refractivity contribution >= 4 is 23.4 Å². The molecular formula is C19H23N3O3. The van der Waals surface area contributed by atoms with Gasteiger partial charge in [-0.05, 0) is 37.8 Å². The molecule has 1 saturated carbocycles. The van der Waals surface area contributed by atoms with Crippen LogP contribution in [0.25, 0.3) is 0 Å². The zero-order valence-electron chi connectivity index (χ0n) is 14.3. The van der Waals surface area contributed by atoms with E-state index in [9.17, 15) is 14.4 Å². The molecule has 0 aromatic heterocycles. The number of carbonyl (C=O) groups is 3. The number of rotatable bonds is 5. The second kappa shape index (κ2) is 6.59. The highest BCUT2D eigenvalue weighted by Gasteiger charge is 2.41. The van der Waals surface area contributed by atoms with Gasteiger partial charge in [0.15, 0.2) is 0 Å².